The van der Waals surface area contributed by atoms with E-state index in [1.165, 1.54) is 16.5 Å². The van der Waals surface area contributed by atoms with Crippen molar-refractivity contribution in [1.82, 2.24) is 9.88 Å². The Bertz CT molecular complexity index is 676. The molecule has 1 saturated heterocycles. The van der Waals surface area contributed by atoms with E-state index in [9.17, 15) is 9.90 Å². The number of aromatic nitrogens is 1. The maximum atomic E-state index is 11.5. The molecule has 19 heavy (non-hydrogen) atoms. The second-order valence-electron chi connectivity index (χ2n) is 5.77. The molecule has 1 fully saturated rings. The van der Waals surface area contributed by atoms with Gasteiger partial charge in [-0.2, -0.15) is 0 Å². The third-order valence-electron chi connectivity index (χ3n) is 4.82. The highest BCUT2D eigenvalue weighted by atomic mass is 16.4. The number of carboxylic acid groups (broad SMARTS) is 1. The average Bonchev–Trinajstić information content (AvgIpc) is 2.95. The second kappa shape index (κ2) is 3.61. The van der Waals surface area contributed by atoms with Gasteiger partial charge in [0.2, 0.25) is 0 Å². The van der Waals surface area contributed by atoms with Gasteiger partial charge >= 0.3 is 5.97 Å². The van der Waals surface area contributed by atoms with Gasteiger partial charge in [0.1, 0.15) is 0 Å². The smallest absolute Gasteiger partial charge is 0.308 e. The minimum absolute atomic E-state index is 0.120. The summed E-state index contributed by atoms with van der Waals surface area (Å²) in [4.78, 5) is 17.0. The van der Waals surface area contributed by atoms with Gasteiger partial charge in [-0.15, -0.1) is 0 Å². The van der Waals surface area contributed by atoms with Crippen molar-refractivity contribution in [1.29, 1.82) is 0 Å². The van der Waals surface area contributed by atoms with Crippen molar-refractivity contribution in [3.63, 3.8) is 0 Å². The Hall–Kier alpha value is -1.81. The van der Waals surface area contributed by atoms with Crippen LogP contribution in [0.4, 0.5) is 0 Å². The molecule has 2 N–H and O–H groups in total. The maximum absolute atomic E-state index is 11.5. The molecular weight excluding hydrogens is 240 g/mol. The zero-order valence-corrected chi connectivity index (χ0v) is 10.8. The van der Waals surface area contributed by atoms with Crippen molar-refractivity contribution in [3.05, 3.63) is 35.5 Å². The SMILES string of the molecule is CN1CC(C(=O)O)C2c3cccc4[nH]cc(c34)CC21. The molecule has 1 aromatic heterocycles. The Labute approximate surface area is 111 Å². The number of nitrogens with zero attached hydrogens (tertiary/aromatic N) is 1. The van der Waals surface area contributed by atoms with Gasteiger partial charge in [0.05, 0.1) is 5.92 Å². The molecule has 1 aromatic carbocycles. The average molecular weight is 256 g/mol. The van der Waals surface area contributed by atoms with Gasteiger partial charge in [-0.3, -0.25) is 4.79 Å². The van der Waals surface area contributed by atoms with Crippen LogP contribution in [0.25, 0.3) is 10.9 Å². The number of carbonyl (C=O) groups is 1. The van der Waals surface area contributed by atoms with Crippen molar-refractivity contribution in [2.24, 2.45) is 5.92 Å². The van der Waals surface area contributed by atoms with Crippen LogP contribution in [0.2, 0.25) is 0 Å². The van der Waals surface area contributed by atoms with Crippen molar-refractivity contribution < 1.29 is 9.90 Å². The molecule has 1 aliphatic heterocycles. The fourth-order valence-electron chi connectivity index (χ4n) is 3.99. The van der Waals surface area contributed by atoms with E-state index in [2.05, 4.69) is 28.2 Å². The molecule has 3 atom stereocenters. The molecule has 98 valence electrons. The number of likely N-dealkylation sites (tertiary alicyclic amines) is 1. The molecule has 0 saturated carbocycles. The van der Waals surface area contributed by atoms with Crippen LogP contribution < -0.4 is 0 Å². The number of likely N-dealkylation sites (N-methyl/N-ethyl adjacent to an activating group) is 1. The van der Waals surface area contributed by atoms with E-state index >= 15 is 0 Å². The minimum Gasteiger partial charge on any atom is -0.481 e. The number of H-pyrrole nitrogens is 1. The standard InChI is InChI=1S/C15H16N2O2/c1-17-7-10(15(18)19)14-9-3-2-4-11-13(9)8(6-16-11)5-12(14)17/h2-4,6,10,12,14,16H,5,7H2,1H3,(H,18,19). The van der Waals surface area contributed by atoms with E-state index in [1.807, 2.05) is 13.1 Å². The quantitative estimate of drug-likeness (QED) is 0.818. The Kier molecular flexibility index (Phi) is 2.10. The Balaban J connectivity index is 1.96. The van der Waals surface area contributed by atoms with Crippen molar-refractivity contribution in [2.45, 2.75) is 18.4 Å². The summed E-state index contributed by atoms with van der Waals surface area (Å²) in [6, 6.07) is 6.51. The zero-order valence-electron chi connectivity index (χ0n) is 10.8. The number of aliphatic carboxylic acids is 1. The third-order valence-corrected chi connectivity index (χ3v) is 4.82. The van der Waals surface area contributed by atoms with E-state index in [-0.39, 0.29) is 11.8 Å². The van der Waals surface area contributed by atoms with Crippen LogP contribution in [-0.4, -0.2) is 40.6 Å². The van der Waals surface area contributed by atoms with Crippen LogP contribution in [0.1, 0.15) is 17.0 Å². The summed E-state index contributed by atoms with van der Waals surface area (Å²) in [6.45, 7) is 0.648. The molecule has 4 heteroatoms. The lowest BCUT2D eigenvalue weighted by molar-refractivity contribution is -0.141. The number of fused-ring (bicyclic) bond motifs is 2. The van der Waals surface area contributed by atoms with E-state index in [0.717, 1.165) is 11.9 Å². The topological polar surface area (TPSA) is 56.3 Å². The summed E-state index contributed by atoms with van der Waals surface area (Å²) in [6.07, 6.45) is 3.02. The predicted molar refractivity (Wildman–Crippen MR) is 72.3 cm³/mol. The van der Waals surface area contributed by atoms with Crippen LogP contribution in [0.15, 0.2) is 24.4 Å². The van der Waals surface area contributed by atoms with Gasteiger partial charge in [-0.25, -0.2) is 0 Å². The van der Waals surface area contributed by atoms with E-state index in [1.54, 1.807) is 0 Å². The monoisotopic (exact) mass is 256 g/mol. The zero-order chi connectivity index (χ0) is 13.1. The van der Waals surface area contributed by atoms with Gasteiger partial charge in [0, 0.05) is 35.6 Å². The first-order chi connectivity index (χ1) is 9.16. The fraction of sp³-hybridized carbons (Fsp3) is 0.400. The van der Waals surface area contributed by atoms with E-state index in [0.29, 0.717) is 12.6 Å². The number of benzene rings is 1. The molecule has 0 spiro atoms. The maximum Gasteiger partial charge on any atom is 0.308 e. The van der Waals surface area contributed by atoms with Crippen molar-refractivity contribution >= 4 is 16.9 Å². The summed E-state index contributed by atoms with van der Waals surface area (Å²) in [5.41, 5.74) is 3.66. The van der Waals surface area contributed by atoms with Gasteiger partial charge in [-0.1, -0.05) is 12.1 Å². The first-order valence-electron chi connectivity index (χ1n) is 6.68. The number of rotatable bonds is 1. The van der Waals surface area contributed by atoms with Crippen LogP contribution in [0.3, 0.4) is 0 Å². The van der Waals surface area contributed by atoms with Crippen LogP contribution in [-0.2, 0) is 11.2 Å². The fourth-order valence-corrected chi connectivity index (χ4v) is 3.99. The first kappa shape index (κ1) is 11.1. The molecule has 0 radical (unpaired) electrons. The lowest BCUT2D eigenvalue weighted by atomic mass is 9.76. The lowest BCUT2D eigenvalue weighted by Crippen LogP contribution is -2.33. The Morgan fingerprint density at radius 3 is 3.11 bits per heavy atom. The number of hydrogen-bond donors (Lipinski definition) is 2. The molecular formula is C15H16N2O2. The molecule has 0 bridgehead atoms. The second-order valence-corrected chi connectivity index (χ2v) is 5.77. The van der Waals surface area contributed by atoms with Crippen LogP contribution in [0, 0.1) is 5.92 Å². The van der Waals surface area contributed by atoms with Crippen LogP contribution >= 0.6 is 0 Å². The summed E-state index contributed by atoms with van der Waals surface area (Å²) in [7, 11) is 2.04. The van der Waals surface area contributed by atoms with E-state index in [4.69, 9.17) is 0 Å². The number of aromatic amines is 1. The minimum atomic E-state index is -0.671. The predicted octanol–water partition coefficient (Wildman–Crippen LogP) is 1.82. The number of nitrogens with one attached hydrogen (secondary N) is 1. The lowest BCUT2D eigenvalue weighted by Gasteiger charge is -2.30. The molecule has 1 aliphatic carbocycles. The highest BCUT2D eigenvalue weighted by Gasteiger charge is 2.47. The van der Waals surface area contributed by atoms with Gasteiger partial charge in [0.25, 0.3) is 0 Å². The van der Waals surface area contributed by atoms with Gasteiger partial charge in [-0.05, 0) is 30.7 Å². The molecule has 0 amide bonds. The summed E-state index contributed by atoms with van der Waals surface area (Å²) < 4.78 is 0. The summed E-state index contributed by atoms with van der Waals surface area (Å²) >= 11 is 0. The molecule has 2 aliphatic rings. The first-order valence-corrected chi connectivity index (χ1v) is 6.68. The molecule has 4 nitrogen and oxygen atoms in total. The Morgan fingerprint density at radius 1 is 1.47 bits per heavy atom. The van der Waals surface area contributed by atoms with Crippen molar-refractivity contribution in [3.8, 4) is 0 Å². The van der Waals surface area contributed by atoms with Crippen LogP contribution in [0.5, 0.6) is 0 Å². The summed E-state index contributed by atoms with van der Waals surface area (Å²) in [5.74, 6) is -0.839. The van der Waals surface area contributed by atoms with Gasteiger partial charge in [0.15, 0.2) is 0 Å². The normalized spacial score (nSPS) is 29.6. The number of carboxylic acids is 1. The molecule has 2 heterocycles. The highest BCUT2D eigenvalue weighted by Crippen LogP contribution is 2.46. The summed E-state index contributed by atoms with van der Waals surface area (Å²) in [5, 5.41) is 10.7. The molecule has 2 aromatic rings. The highest BCUT2D eigenvalue weighted by molar-refractivity contribution is 5.89. The molecule has 3 unspecified atom stereocenters. The largest absolute Gasteiger partial charge is 0.481 e. The number of hydrogen-bond acceptors (Lipinski definition) is 2. The van der Waals surface area contributed by atoms with Gasteiger partial charge < -0.3 is 15.0 Å². The molecule has 4 rings (SSSR count). The Morgan fingerprint density at radius 2 is 2.32 bits per heavy atom. The van der Waals surface area contributed by atoms with E-state index < -0.39 is 5.97 Å². The van der Waals surface area contributed by atoms with Crippen molar-refractivity contribution in [2.75, 3.05) is 13.6 Å². The third kappa shape index (κ3) is 1.35.